The van der Waals surface area contributed by atoms with Crippen molar-refractivity contribution in [2.45, 2.75) is 37.8 Å². The highest BCUT2D eigenvalue weighted by Crippen LogP contribution is 2.52. The maximum Gasteiger partial charge on any atom is 0.204 e. The van der Waals surface area contributed by atoms with E-state index in [0.29, 0.717) is 58.1 Å². The first-order chi connectivity index (χ1) is 25.1. The summed E-state index contributed by atoms with van der Waals surface area (Å²) in [6.07, 6.45) is 3.02. The summed E-state index contributed by atoms with van der Waals surface area (Å²) in [5.41, 5.74) is 7.32. The van der Waals surface area contributed by atoms with E-state index in [4.69, 9.17) is 28.4 Å². The highest BCUT2D eigenvalue weighted by Gasteiger charge is 2.35. The van der Waals surface area contributed by atoms with Crippen molar-refractivity contribution < 1.29 is 32.6 Å². The van der Waals surface area contributed by atoms with Gasteiger partial charge >= 0.3 is 0 Å². The van der Waals surface area contributed by atoms with Crippen molar-refractivity contribution in [3.63, 3.8) is 0 Å². The first kappa shape index (κ1) is 35.9. The van der Waals surface area contributed by atoms with Crippen LogP contribution in [-0.4, -0.2) is 88.0 Å². The molecule has 4 aromatic carbocycles. The van der Waals surface area contributed by atoms with Crippen LogP contribution in [0.25, 0.3) is 0 Å². The van der Waals surface area contributed by atoms with Crippen LogP contribution in [0.4, 0.5) is 5.69 Å². The molecule has 0 saturated heterocycles. The highest BCUT2D eigenvalue weighted by atomic mass is 32.2. The fourth-order valence-electron chi connectivity index (χ4n) is 7.62. The maximum absolute atomic E-state index is 13.2. The zero-order chi connectivity index (χ0) is 36.7. The lowest BCUT2D eigenvalue weighted by Gasteiger charge is -2.37. The van der Waals surface area contributed by atoms with Gasteiger partial charge in [-0.3, -0.25) is 14.5 Å². The average Bonchev–Trinajstić information content (AvgIpc) is 3.14. The number of hydrogen-bond donors (Lipinski definition) is 1. The standard InChI is InChI=1S/C40H48N4O7S/c1-42(2)52(45)41-30-23-34(47-6)35-21-27(30)18-32-38-26(14-16-44(32)4)20-37(48-7)39(49-8)40(38)51-36-22-29-25(19-33(36)46-5)13-15-43(3)31(29)17-24-9-11-28(50-35)12-10-24/h9-12,19-23,31-32,41H,13-18H2,1-8H3/t31-,32-,52?/m0/s1. The monoisotopic (exact) mass is 728 g/mol. The predicted molar refractivity (Wildman–Crippen MR) is 203 cm³/mol. The van der Waals surface area contributed by atoms with Crippen molar-refractivity contribution in [1.29, 1.82) is 0 Å². The Kier molecular flexibility index (Phi) is 10.3. The summed E-state index contributed by atoms with van der Waals surface area (Å²) in [4.78, 5) is 4.73. The quantitative estimate of drug-likeness (QED) is 0.223. The molecule has 0 aliphatic carbocycles. The van der Waals surface area contributed by atoms with E-state index in [1.165, 1.54) is 16.7 Å². The predicted octanol–water partition coefficient (Wildman–Crippen LogP) is 6.71. The molecule has 0 amide bonds. The molecule has 0 radical (unpaired) electrons. The number of nitrogens with one attached hydrogen (secondary N) is 1. The summed E-state index contributed by atoms with van der Waals surface area (Å²) in [5, 5.41) is 0. The normalized spacial score (nSPS) is 19.0. The van der Waals surface area contributed by atoms with Gasteiger partial charge in [0.2, 0.25) is 5.75 Å². The number of nitrogens with zero attached hydrogens (tertiary/aromatic N) is 3. The van der Waals surface area contributed by atoms with Crippen LogP contribution in [0.5, 0.6) is 46.0 Å². The van der Waals surface area contributed by atoms with Gasteiger partial charge in [0, 0.05) is 50.9 Å². The topological polar surface area (TPSA) is 94.2 Å². The number of benzene rings is 4. The van der Waals surface area contributed by atoms with Crippen LogP contribution in [0.2, 0.25) is 0 Å². The molecule has 0 fully saturated rings. The van der Waals surface area contributed by atoms with Gasteiger partial charge in [-0.2, -0.15) is 0 Å². The minimum atomic E-state index is -1.50. The number of ether oxygens (including phenoxy) is 6. The van der Waals surface area contributed by atoms with Gasteiger partial charge in [-0.1, -0.05) is 12.1 Å². The first-order valence-electron chi connectivity index (χ1n) is 17.5. The lowest BCUT2D eigenvalue weighted by Crippen LogP contribution is -2.34. The first-order valence-corrected chi connectivity index (χ1v) is 18.6. The van der Waals surface area contributed by atoms with E-state index >= 15 is 0 Å². The fraction of sp³-hybridized carbons (Fsp3) is 0.400. The SMILES string of the molecule is COc1cc(NS(=O)N(C)C)c2cc1Oc1ccc(cc1)C[C@H]1c3cc(c(OC)cc3CCN1C)Oc1c(OC)c(OC)cc3c1[C@H](C2)N(C)CC3. The molecule has 0 saturated carbocycles. The van der Waals surface area contributed by atoms with E-state index in [1.807, 2.05) is 24.3 Å². The van der Waals surface area contributed by atoms with E-state index in [0.717, 1.165) is 49.0 Å². The van der Waals surface area contributed by atoms with E-state index < -0.39 is 11.2 Å². The zero-order valence-electron chi connectivity index (χ0n) is 31.2. The second kappa shape index (κ2) is 14.9. The summed E-state index contributed by atoms with van der Waals surface area (Å²) < 4.78 is 55.5. The molecule has 12 heteroatoms. The smallest absolute Gasteiger partial charge is 0.204 e. The molecule has 11 nitrogen and oxygen atoms in total. The molecule has 1 N–H and O–H groups in total. The van der Waals surface area contributed by atoms with Crippen molar-refractivity contribution in [1.82, 2.24) is 14.1 Å². The third-order valence-electron chi connectivity index (χ3n) is 10.5. The number of anilines is 1. The largest absolute Gasteiger partial charge is 0.493 e. The van der Waals surface area contributed by atoms with Crippen LogP contribution in [0.15, 0.2) is 54.6 Å². The van der Waals surface area contributed by atoms with Gasteiger partial charge in [0.1, 0.15) is 5.75 Å². The third-order valence-corrected chi connectivity index (χ3v) is 11.6. The van der Waals surface area contributed by atoms with Crippen LogP contribution in [0.3, 0.4) is 0 Å². The number of hydrogen-bond acceptors (Lipinski definition) is 9. The van der Waals surface area contributed by atoms with Gasteiger partial charge in [-0.05, 0) is 104 Å². The van der Waals surface area contributed by atoms with Crippen LogP contribution in [0, 0.1) is 0 Å². The van der Waals surface area contributed by atoms with Crippen molar-refractivity contribution in [3.05, 3.63) is 88.0 Å². The van der Waals surface area contributed by atoms with Crippen molar-refractivity contribution in [2.24, 2.45) is 0 Å². The molecule has 3 atom stereocenters. The Bertz CT molecular complexity index is 1990. The Morgan fingerprint density at radius 2 is 1.37 bits per heavy atom. The summed E-state index contributed by atoms with van der Waals surface area (Å²) in [5.74, 6) is 4.75. The molecule has 4 aromatic rings. The van der Waals surface area contributed by atoms with Gasteiger partial charge in [-0.25, -0.2) is 8.51 Å². The third kappa shape index (κ3) is 6.76. The molecule has 8 rings (SSSR count). The summed E-state index contributed by atoms with van der Waals surface area (Å²) >= 11 is -1.50. The molecular weight excluding hydrogens is 681 g/mol. The minimum absolute atomic E-state index is 0.123. The Morgan fingerprint density at radius 3 is 2.04 bits per heavy atom. The molecule has 52 heavy (non-hydrogen) atoms. The highest BCUT2D eigenvalue weighted by molar-refractivity contribution is 7.84. The number of methoxy groups -OCH3 is 4. The summed E-state index contributed by atoms with van der Waals surface area (Å²) in [6, 6.07) is 18.4. The maximum atomic E-state index is 13.2. The van der Waals surface area contributed by atoms with E-state index in [-0.39, 0.29) is 12.1 Å². The summed E-state index contributed by atoms with van der Waals surface area (Å²) in [6.45, 7) is 1.74. The van der Waals surface area contributed by atoms with Gasteiger partial charge in [0.15, 0.2) is 45.7 Å². The van der Waals surface area contributed by atoms with Crippen LogP contribution < -0.4 is 33.1 Å². The molecule has 0 aromatic heterocycles. The molecule has 4 aliphatic heterocycles. The fourth-order valence-corrected chi connectivity index (χ4v) is 8.18. The van der Waals surface area contributed by atoms with Crippen LogP contribution >= 0.6 is 0 Å². The van der Waals surface area contributed by atoms with Crippen molar-refractivity contribution in [3.8, 4) is 46.0 Å². The van der Waals surface area contributed by atoms with Gasteiger partial charge < -0.3 is 28.4 Å². The minimum Gasteiger partial charge on any atom is -0.493 e. The Morgan fingerprint density at radius 1 is 0.731 bits per heavy atom. The number of likely N-dealkylation sites (N-methyl/N-ethyl adjacent to an activating group) is 2. The van der Waals surface area contributed by atoms with Crippen molar-refractivity contribution in [2.75, 3.05) is 74.4 Å². The zero-order valence-corrected chi connectivity index (χ0v) is 32.0. The van der Waals surface area contributed by atoms with E-state index in [1.54, 1.807) is 46.8 Å². The van der Waals surface area contributed by atoms with E-state index in [2.05, 4.69) is 58.9 Å². The van der Waals surface area contributed by atoms with Crippen LogP contribution in [-0.2, 0) is 36.9 Å². The molecule has 4 heterocycles. The van der Waals surface area contributed by atoms with Gasteiger partial charge in [0.25, 0.3) is 0 Å². The molecular formula is C40H48N4O7S. The van der Waals surface area contributed by atoms with Crippen LogP contribution in [0.1, 0.15) is 45.5 Å². The van der Waals surface area contributed by atoms with Gasteiger partial charge in [-0.15, -0.1) is 0 Å². The number of fused-ring (bicyclic) bond motifs is 2. The molecule has 1 unspecified atom stereocenters. The molecule has 6 bridgehead atoms. The average molecular weight is 729 g/mol. The van der Waals surface area contributed by atoms with Gasteiger partial charge in [0.05, 0.1) is 34.1 Å². The second-order valence-electron chi connectivity index (χ2n) is 13.8. The lowest BCUT2D eigenvalue weighted by atomic mass is 9.87. The number of rotatable bonds is 7. The molecule has 276 valence electrons. The molecule has 4 aliphatic rings. The van der Waals surface area contributed by atoms with Crippen molar-refractivity contribution >= 4 is 16.9 Å². The Hall–Kier alpha value is -4.49. The Balaban J connectivity index is 1.49. The lowest BCUT2D eigenvalue weighted by molar-refractivity contribution is 0.220. The molecule has 0 spiro atoms. The summed E-state index contributed by atoms with van der Waals surface area (Å²) in [7, 11) is 14.4. The van der Waals surface area contributed by atoms with E-state index in [9.17, 15) is 4.21 Å². The second-order valence-corrected chi connectivity index (χ2v) is 15.2. The Labute approximate surface area is 309 Å².